The van der Waals surface area contributed by atoms with E-state index < -0.39 is 11.2 Å². The molecule has 0 aliphatic carbocycles. The Kier molecular flexibility index (Phi) is 4.15. The molecule has 0 fully saturated rings. The van der Waals surface area contributed by atoms with Crippen molar-refractivity contribution in [2.75, 3.05) is 7.11 Å². The standard InChI is InChI=1S/C17H15NO3S/c1-21-12-8-6-11(7-9-12)14-10-16(17(19)20)22-15-5-3-2-4-13(15)18-14/h2-9,16H,10H2,1H3,(H,19,20)/p-1/t16-/m1/s1. The molecule has 0 radical (unpaired) electrons. The van der Waals surface area contributed by atoms with E-state index in [1.807, 2.05) is 48.5 Å². The topological polar surface area (TPSA) is 61.7 Å². The van der Waals surface area contributed by atoms with E-state index in [2.05, 4.69) is 4.99 Å². The minimum atomic E-state index is -1.07. The van der Waals surface area contributed by atoms with Gasteiger partial charge >= 0.3 is 0 Å². The molecule has 1 aliphatic rings. The number of carboxylic acids is 1. The molecule has 1 aliphatic heterocycles. The third kappa shape index (κ3) is 2.99. The van der Waals surface area contributed by atoms with Crippen molar-refractivity contribution in [2.45, 2.75) is 16.6 Å². The van der Waals surface area contributed by atoms with E-state index in [9.17, 15) is 9.90 Å². The average molecular weight is 312 g/mol. The zero-order valence-corrected chi connectivity index (χ0v) is 12.8. The second-order valence-electron chi connectivity index (χ2n) is 4.88. The highest BCUT2D eigenvalue weighted by Crippen LogP contribution is 2.37. The molecule has 0 aromatic heterocycles. The van der Waals surface area contributed by atoms with Crippen LogP contribution in [0.3, 0.4) is 0 Å². The van der Waals surface area contributed by atoms with Gasteiger partial charge < -0.3 is 14.6 Å². The van der Waals surface area contributed by atoms with Gasteiger partial charge in [0.25, 0.3) is 0 Å². The number of nitrogens with zero attached hydrogens (tertiary/aromatic N) is 1. The highest BCUT2D eigenvalue weighted by atomic mass is 32.2. The van der Waals surface area contributed by atoms with Gasteiger partial charge in [-0.1, -0.05) is 12.1 Å². The number of fused-ring (bicyclic) bond motifs is 1. The van der Waals surface area contributed by atoms with Crippen molar-refractivity contribution in [3.63, 3.8) is 0 Å². The van der Waals surface area contributed by atoms with Crippen LogP contribution in [0.2, 0.25) is 0 Å². The maximum absolute atomic E-state index is 11.4. The molecule has 0 bridgehead atoms. The van der Waals surface area contributed by atoms with Gasteiger partial charge in [0.15, 0.2) is 0 Å². The van der Waals surface area contributed by atoms with Gasteiger partial charge in [-0.15, -0.1) is 11.8 Å². The van der Waals surface area contributed by atoms with Gasteiger partial charge in [0.2, 0.25) is 0 Å². The van der Waals surface area contributed by atoms with Crippen molar-refractivity contribution in [1.82, 2.24) is 0 Å². The Morgan fingerprint density at radius 3 is 2.64 bits per heavy atom. The number of carboxylic acid groups (broad SMARTS) is 1. The van der Waals surface area contributed by atoms with Crippen molar-refractivity contribution in [3.8, 4) is 5.75 Å². The number of aliphatic imine (C=N–C) groups is 1. The molecule has 112 valence electrons. The summed E-state index contributed by atoms with van der Waals surface area (Å²) < 4.78 is 5.15. The molecule has 0 unspecified atom stereocenters. The van der Waals surface area contributed by atoms with E-state index in [4.69, 9.17) is 4.74 Å². The molecule has 0 amide bonds. The minimum Gasteiger partial charge on any atom is -0.549 e. The van der Waals surface area contributed by atoms with Crippen molar-refractivity contribution < 1.29 is 14.6 Å². The fourth-order valence-corrected chi connectivity index (χ4v) is 3.34. The van der Waals surface area contributed by atoms with Gasteiger partial charge in [0, 0.05) is 17.0 Å². The Morgan fingerprint density at radius 1 is 1.23 bits per heavy atom. The van der Waals surface area contributed by atoms with Crippen LogP contribution in [0.15, 0.2) is 58.4 Å². The Bertz CT molecular complexity index is 725. The number of rotatable bonds is 3. The number of para-hydroxylation sites is 1. The van der Waals surface area contributed by atoms with Crippen LogP contribution in [0.1, 0.15) is 12.0 Å². The zero-order chi connectivity index (χ0) is 15.5. The van der Waals surface area contributed by atoms with Gasteiger partial charge in [-0.25, -0.2) is 0 Å². The largest absolute Gasteiger partial charge is 0.549 e. The molecule has 3 rings (SSSR count). The maximum atomic E-state index is 11.4. The summed E-state index contributed by atoms with van der Waals surface area (Å²) in [7, 11) is 1.61. The Morgan fingerprint density at radius 2 is 1.95 bits per heavy atom. The lowest BCUT2D eigenvalue weighted by atomic mass is 10.0. The molecule has 5 heteroatoms. The first-order valence-electron chi connectivity index (χ1n) is 6.86. The number of hydrogen-bond donors (Lipinski definition) is 0. The van der Waals surface area contributed by atoms with Crippen LogP contribution >= 0.6 is 11.8 Å². The smallest absolute Gasteiger partial charge is 0.118 e. The first-order chi connectivity index (χ1) is 10.7. The lowest BCUT2D eigenvalue weighted by Gasteiger charge is -2.16. The third-order valence-electron chi connectivity index (χ3n) is 3.45. The monoisotopic (exact) mass is 312 g/mol. The lowest BCUT2D eigenvalue weighted by Crippen LogP contribution is -2.34. The number of benzene rings is 2. The quantitative estimate of drug-likeness (QED) is 0.873. The van der Waals surface area contributed by atoms with Crippen molar-refractivity contribution in [3.05, 3.63) is 54.1 Å². The van der Waals surface area contributed by atoms with Crippen LogP contribution < -0.4 is 9.84 Å². The molecule has 1 atom stereocenters. The molecule has 0 saturated carbocycles. The minimum absolute atomic E-state index is 0.327. The van der Waals surface area contributed by atoms with Crippen LogP contribution in [0.25, 0.3) is 0 Å². The normalized spacial score (nSPS) is 17.1. The summed E-state index contributed by atoms with van der Waals surface area (Å²) in [5, 5.41) is 10.7. The predicted molar refractivity (Wildman–Crippen MR) is 84.9 cm³/mol. The van der Waals surface area contributed by atoms with Gasteiger partial charge in [-0.3, -0.25) is 4.99 Å². The molecule has 2 aromatic carbocycles. The second-order valence-corrected chi connectivity index (χ2v) is 6.13. The van der Waals surface area contributed by atoms with Crippen LogP contribution in [0, 0.1) is 0 Å². The lowest BCUT2D eigenvalue weighted by molar-refractivity contribution is -0.304. The molecule has 0 saturated heterocycles. The van der Waals surface area contributed by atoms with E-state index in [1.54, 1.807) is 7.11 Å². The highest BCUT2D eigenvalue weighted by Gasteiger charge is 2.21. The zero-order valence-electron chi connectivity index (χ0n) is 12.0. The van der Waals surface area contributed by atoms with Crippen LogP contribution in [0.4, 0.5) is 5.69 Å². The molecule has 0 spiro atoms. The van der Waals surface area contributed by atoms with E-state index in [-0.39, 0.29) is 0 Å². The molecular weight excluding hydrogens is 298 g/mol. The Hall–Kier alpha value is -2.27. The third-order valence-corrected chi connectivity index (χ3v) is 4.70. The molecule has 2 aromatic rings. The maximum Gasteiger partial charge on any atom is 0.118 e. The fraction of sp³-hybridized carbons (Fsp3) is 0.176. The Labute approximate surface area is 132 Å². The molecule has 1 heterocycles. The summed E-state index contributed by atoms with van der Waals surface area (Å²) in [5.41, 5.74) is 2.43. The number of ether oxygens (including phenoxy) is 1. The molecular formula is C17H14NO3S-. The van der Waals surface area contributed by atoms with E-state index in [1.165, 1.54) is 11.8 Å². The van der Waals surface area contributed by atoms with Crippen LogP contribution in [-0.2, 0) is 4.79 Å². The predicted octanol–water partition coefficient (Wildman–Crippen LogP) is 2.43. The summed E-state index contributed by atoms with van der Waals surface area (Å²) in [6, 6.07) is 15.0. The molecule has 4 nitrogen and oxygen atoms in total. The number of methoxy groups -OCH3 is 1. The van der Waals surface area contributed by atoms with Crippen LogP contribution in [0.5, 0.6) is 5.75 Å². The Balaban J connectivity index is 2.04. The number of carbonyl (C=O) groups is 1. The summed E-state index contributed by atoms with van der Waals surface area (Å²) in [6.45, 7) is 0. The number of thioether (sulfide) groups is 1. The number of carbonyl (C=O) groups excluding carboxylic acids is 1. The SMILES string of the molecule is COc1ccc(C2=Nc3ccccc3S[C@@H](C(=O)[O-])C2)cc1. The number of aliphatic carboxylic acids is 1. The van der Waals surface area contributed by atoms with E-state index >= 15 is 0 Å². The summed E-state index contributed by atoms with van der Waals surface area (Å²) in [6.07, 6.45) is 0.327. The van der Waals surface area contributed by atoms with E-state index in [0.29, 0.717) is 6.42 Å². The molecule has 0 N–H and O–H groups in total. The van der Waals surface area contributed by atoms with Gasteiger partial charge in [-0.2, -0.15) is 0 Å². The first kappa shape index (κ1) is 14.7. The van der Waals surface area contributed by atoms with Crippen molar-refractivity contribution in [2.24, 2.45) is 4.99 Å². The van der Waals surface area contributed by atoms with Gasteiger partial charge in [0.1, 0.15) is 5.75 Å². The van der Waals surface area contributed by atoms with E-state index in [0.717, 1.165) is 27.6 Å². The highest BCUT2D eigenvalue weighted by molar-refractivity contribution is 8.00. The van der Waals surface area contributed by atoms with Gasteiger partial charge in [-0.05, 0) is 42.0 Å². The summed E-state index contributed by atoms with van der Waals surface area (Å²) in [4.78, 5) is 16.9. The van der Waals surface area contributed by atoms with Crippen molar-refractivity contribution in [1.29, 1.82) is 0 Å². The van der Waals surface area contributed by atoms with Gasteiger partial charge in [0.05, 0.1) is 24.0 Å². The number of hydrogen-bond acceptors (Lipinski definition) is 5. The average Bonchev–Trinajstić information content (AvgIpc) is 2.74. The van der Waals surface area contributed by atoms with Crippen LogP contribution in [-0.4, -0.2) is 24.0 Å². The van der Waals surface area contributed by atoms with Crippen molar-refractivity contribution >= 4 is 29.1 Å². The summed E-state index contributed by atoms with van der Waals surface area (Å²) >= 11 is 1.29. The second kappa shape index (κ2) is 6.23. The molecule has 22 heavy (non-hydrogen) atoms. The fourth-order valence-electron chi connectivity index (χ4n) is 2.31. The first-order valence-corrected chi connectivity index (χ1v) is 7.74. The summed E-state index contributed by atoms with van der Waals surface area (Å²) in [5.74, 6) is -0.313.